The van der Waals surface area contributed by atoms with Crippen LogP contribution in [0, 0.1) is 20.2 Å². The molecule has 5 aromatic carbocycles. The van der Waals surface area contributed by atoms with E-state index < -0.39 is 40.6 Å². The quantitative estimate of drug-likeness (QED) is 0.0626. The van der Waals surface area contributed by atoms with Gasteiger partial charge in [0.25, 0.3) is 11.4 Å². The van der Waals surface area contributed by atoms with E-state index in [1.54, 1.807) is 0 Å². The first kappa shape index (κ1) is 40.6. The smallest absolute Gasteiger partial charge is 0.299 e. The van der Waals surface area contributed by atoms with E-state index in [9.17, 15) is 20.2 Å². The van der Waals surface area contributed by atoms with Crippen molar-refractivity contribution in [3.8, 4) is 0 Å². The fraction of sp³-hybridized carbons (Fsp3) is 0.333. The minimum Gasteiger partial charge on any atom is -0.374 e. The number of non-ortho nitro benzene ring substituents is 1. The summed E-state index contributed by atoms with van der Waals surface area (Å²) >= 11 is 0. The van der Waals surface area contributed by atoms with Gasteiger partial charge < -0.3 is 33.3 Å². The molecule has 13 nitrogen and oxygen atoms in total. The molecule has 0 spiro atoms. The van der Waals surface area contributed by atoms with Gasteiger partial charge in [0, 0.05) is 19.2 Å². The van der Waals surface area contributed by atoms with E-state index in [1.165, 1.54) is 12.1 Å². The number of nitro groups is 2. The Morgan fingerprint density at radius 3 is 1.57 bits per heavy atom. The Morgan fingerprint density at radius 1 is 0.586 bits per heavy atom. The van der Waals surface area contributed by atoms with Gasteiger partial charge >= 0.3 is 0 Å². The lowest BCUT2D eigenvalue weighted by molar-refractivity contribution is -0.393. The topological polar surface area (TPSA) is 145 Å². The summed E-state index contributed by atoms with van der Waals surface area (Å²) in [5.74, 6) is 0. The minimum atomic E-state index is -0.892. The third-order valence-corrected chi connectivity index (χ3v) is 10.3. The number of benzene rings is 5. The molecule has 0 amide bonds. The van der Waals surface area contributed by atoms with Crippen LogP contribution in [0.5, 0.6) is 0 Å². The Labute approximate surface area is 337 Å². The summed E-state index contributed by atoms with van der Waals surface area (Å²) in [6.45, 7) is 2.26. The van der Waals surface area contributed by atoms with Crippen molar-refractivity contribution in [3.05, 3.63) is 182 Å². The first-order valence-corrected chi connectivity index (χ1v) is 19.5. The Kier molecular flexibility index (Phi) is 14.2. The Bertz CT molecular complexity index is 2040. The van der Waals surface area contributed by atoms with Gasteiger partial charge in [0.2, 0.25) is 0 Å². The van der Waals surface area contributed by atoms with E-state index in [2.05, 4.69) is 0 Å². The molecule has 5 atom stereocenters. The lowest BCUT2D eigenvalue weighted by Gasteiger charge is -2.47. The zero-order valence-electron chi connectivity index (χ0n) is 32.0. The second-order valence-electron chi connectivity index (χ2n) is 14.3. The average Bonchev–Trinajstić information content (AvgIpc) is 3.26. The molecule has 2 fully saturated rings. The van der Waals surface area contributed by atoms with E-state index in [0.717, 1.165) is 28.3 Å². The summed E-state index contributed by atoms with van der Waals surface area (Å²) in [6.07, 6.45) is -2.79. The fourth-order valence-electron chi connectivity index (χ4n) is 7.32. The molecule has 302 valence electrons. The van der Waals surface area contributed by atoms with Crippen molar-refractivity contribution >= 4 is 17.1 Å². The Balaban J connectivity index is 1.16. The molecule has 0 radical (unpaired) electrons. The molecule has 0 N–H and O–H groups in total. The van der Waals surface area contributed by atoms with Crippen LogP contribution in [-0.4, -0.2) is 66.4 Å². The molecule has 2 heterocycles. The van der Waals surface area contributed by atoms with Crippen LogP contribution in [0.1, 0.15) is 35.1 Å². The molecular formula is C45H47N3O10. The first-order chi connectivity index (χ1) is 28.4. The molecule has 5 aromatic rings. The van der Waals surface area contributed by atoms with Crippen molar-refractivity contribution in [2.45, 2.75) is 76.1 Å². The second-order valence-corrected chi connectivity index (χ2v) is 14.3. The predicted molar refractivity (Wildman–Crippen MR) is 216 cm³/mol. The van der Waals surface area contributed by atoms with Crippen LogP contribution in [-0.2, 0) is 54.8 Å². The zero-order chi connectivity index (χ0) is 40.1. The maximum atomic E-state index is 11.9. The van der Waals surface area contributed by atoms with Gasteiger partial charge in [-0.05, 0) is 41.2 Å². The number of rotatable bonds is 18. The lowest BCUT2D eigenvalue weighted by Crippen LogP contribution is -2.62. The standard InChI is InChI=1S/C45H47N3O10/c49-47(50)37-21-22-39(40(27-37)48(51)52)46-25-23-38(24-26-46)57-45-44(56-31-36-19-11-4-12-20-36)43(55-30-35-17-9-3-10-18-35)42(54-29-34-15-7-2-8-16-34)41(58-45)32-53-28-33-13-5-1-6-14-33/h1-22,27,38,41-45H,23-26,28-32H2/t41-,42-,43+,44-,45-/m1/s1. The molecule has 2 saturated heterocycles. The molecular weight excluding hydrogens is 743 g/mol. The third kappa shape index (κ3) is 10.9. The summed E-state index contributed by atoms with van der Waals surface area (Å²) in [5, 5.41) is 23.3. The van der Waals surface area contributed by atoms with E-state index in [4.69, 9.17) is 28.4 Å². The highest BCUT2D eigenvalue weighted by Gasteiger charge is 2.50. The number of ether oxygens (including phenoxy) is 6. The second kappa shape index (κ2) is 20.2. The van der Waals surface area contributed by atoms with Crippen LogP contribution in [0.3, 0.4) is 0 Å². The zero-order valence-corrected chi connectivity index (χ0v) is 32.0. The SMILES string of the molecule is O=[N+]([O-])c1ccc(N2CCC(O[C@@H]3O[C@H](COCc4ccccc4)[C@@H](OCc4ccccc4)[C@H](OCc4ccccc4)[C@H]3OCc3ccccc3)CC2)c([N+](=O)[O-])c1. The molecule has 0 aromatic heterocycles. The van der Waals surface area contributed by atoms with Gasteiger partial charge in [0.15, 0.2) is 6.29 Å². The number of piperidine rings is 1. The normalized spacial score (nSPS) is 21.1. The molecule has 13 heteroatoms. The van der Waals surface area contributed by atoms with Gasteiger partial charge in [0.05, 0.1) is 55.1 Å². The average molecular weight is 790 g/mol. The molecule has 0 saturated carbocycles. The van der Waals surface area contributed by atoms with Gasteiger partial charge in [-0.2, -0.15) is 0 Å². The number of hydrogen-bond donors (Lipinski definition) is 0. The van der Waals surface area contributed by atoms with Crippen molar-refractivity contribution < 1.29 is 38.3 Å². The molecule has 58 heavy (non-hydrogen) atoms. The molecule has 2 aliphatic rings. The van der Waals surface area contributed by atoms with Crippen molar-refractivity contribution in [3.63, 3.8) is 0 Å². The van der Waals surface area contributed by atoms with Gasteiger partial charge in [-0.25, -0.2) is 0 Å². The van der Waals surface area contributed by atoms with Crippen LogP contribution < -0.4 is 4.90 Å². The fourth-order valence-corrected chi connectivity index (χ4v) is 7.32. The van der Waals surface area contributed by atoms with E-state index in [0.29, 0.717) is 51.4 Å². The summed E-state index contributed by atoms with van der Waals surface area (Å²) in [5.41, 5.74) is 3.66. The van der Waals surface area contributed by atoms with E-state index in [-0.39, 0.29) is 30.7 Å². The monoisotopic (exact) mass is 789 g/mol. The summed E-state index contributed by atoms with van der Waals surface area (Å²) in [7, 11) is 0. The number of nitrogens with zero attached hydrogens (tertiary/aromatic N) is 3. The highest BCUT2D eigenvalue weighted by Crippen LogP contribution is 2.36. The number of hydrogen-bond acceptors (Lipinski definition) is 11. The number of anilines is 1. The minimum absolute atomic E-state index is 0.188. The number of nitro benzene ring substituents is 2. The van der Waals surface area contributed by atoms with Crippen LogP contribution in [0.25, 0.3) is 0 Å². The van der Waals surface area contributed by atoms with Gasteiger partial charge in [-0.3, -0.25) is 20.2 Å². The summed E-state index contributed by atoms with van der Waals surface area (Å²) < 4.78 is 40.4. The maximum Gasteiger partial charge on any atom is 0.299 e. The van der Waals surface area contributed by atoms with Crippen LogP contribution in [0.15, 0.2) is 140 Å². The van der Waals surface area contributed by atoms with Crippen molar-refractivity contribution in [1.82, 2.24) is 0 Å². The van der Waals surface area contributed by atoms with Crippen LogP contribution in [0.4, 0.5) is 17.1 Å². The molecule has 0 aliphatic carbocycles. The van der Waals surface area contributed by atoms with E-state index in [1.807, 2.05) is 126 Å². The molecule has 7 rings (SSSR count). The highest BCUT2D eigenvalue weighted by atomic mass is 16.7. The van der Waals surface area contributed by atoms with Gasteiger partial charge in [-0.15, -0.1) is 0 Å². The first-order valence-electron chi connectivity index (χ1n) is 19.5. The molecule has 0 unspecified atom stereocenters. The summed E-state index contributed by atoms with van der Waals surface area (Å²) in [6, 6.07) is 43.4. The maximum absolute atomic E-state index is 11.9. The predicted octanol–water partition coefficient (Wildman–Crippen LogP) is 8.19. The van der Waals surface area contributed by atoms with Crippen molar-refractivity contribution in [2.24, 2.45) is 0 Å². The van der Waals surface area contributed by atoms with Crippen LogP contribution in [0.2, 0.25) is 0 Å². The Morgan fingerprint density at radius 2 is 1.07 bits per heavy atom. The molecule has 2 aliphatic heterocycles. The van der Waals surface area contributed by atoms with Gasteiger partial charge in [0.1, 0.15) is 30.1 Å². The van der Waals surface area contributed by atoms with Crippen LogP contribution >= 0.6 is 0 Å². The van der Waals surface area contributed by atoms with Crippen molar-refractivity contribution in [1.29, 1.82) is 0 Å². The third-order valence-electron chi connectivity index (χ3n) is 10.3. The largest absolute Gasteiger partial charge is 0.374 e. The molecule has 0 bridgehead atoms. The van der Waals surface area contributed by atoms with Crippen molar-refractivity contribution in [2.75, 3.05) is 24.6 Å². The Hall–Kier alpha value is -5.54. The highest BCUT2D eigenvalue weighted by molar-refractivity contribution is 5.67. The lowest BCUT2D eigenvalue weighted by atomic mass is 9.97. The van der Waals surface area contributed by atoms with Gasteiger partial charge in [-0.1, -0.05) is 121 Å². The summed E-state index contributed by atoms with van der Waals surface area (Å²) in [4.78, 5) is 24.0. The van der Waals surface area contributed by atoms with E-state index >= 15 is 0 Å².